The lowest BCUT2D eigenvalue weighted by Gasteiger charge is -2.14. The fraction of sp³-hybridized carbons (Fsp3) is 0.538. The van der Waals surface area contributed by atoms with Crippen molar-refractivity contribution in [1.82, 2.24) is 0 Å². The smallest absolute Gasteiger partial charge is 0.133 e. The van der Waals surface area contributed by atoms with Crippen molar-refractivity contribution in [3.63, 3.8) is 0 Å². The molecule has 1 aliphatic rings. The summed E-state index contributed by atoms with van der Waals surface area (Å²) in [5.41, 5.74) is 1.08. The average molecular weight is 320 g/mol. The van der Waals surface area contributed by atoms with Crippen molar-refractivity contribution in [3.8, 4) is 5.75 Å². The molecule has 2 nitrogen and oxygen atoms in total. The van der Waals surface area contributed by atoms with Crippen molar-refractivity contribution in [1.29, 1.82) is 0 Å². The molecule has 0 aliphatic carbocycles. The van der Waals surface area contributed by atoms with E-state index in [-0.39, 0.29) is 6.10 Å². The van der Waals surface area contributed by atoms with Gasteiger partial charge in [-0.05, 0) is 53.4 Å². The number of hydrogen-bond acceptors (Lipinski definition) is 2. The van der Waals surface area contributed by atoms with E-state index in [4.69, 9.17) is 21.1 Å². The topological polar surface area (TPSA) is 18.5 Å². The van der Waals surface area contributed by atoms with Crippen LogP contribution in [0.4, 0.5) is 0 Å². The Balaban J connectivity index is 1.90. The fourth-order valence-corrected chi connectivity index (χ4v) is 2.64. The van der Waals surface area contributed by atoms with Crippen LogP contribution in [0.3, 0.4) is 0 Å². The molecule has 1 aromatic rings. The van der Waals surface area contributed by atoms with Gasteiger partial charge in [-0.3, -0.25) is 0 Å². The molecule has 0 amide bonds. The lowest BCUT2D eigenvalue weighted by atomic mass is 10.2. The molecule has 1 aromatic carbocycles. The molecule has 1 heterocycles. The van der Waals surface area contributed by atoms with Crippen molar-refractivity contribution in [2.75, 3.05) is 6.61 Å². The quantitative estimate of drug-likeness (QED) is 0.777. The third-order valence-corrected chi connectivity index (χ3v) is 3.82. The van der Waals surface area contributed by atoms with Crippen LogP contribution >= 0.6 is 27.5 Å². The number of alkyl halides is 1. The summed E-state index contributed by atoms with van der Waals surface area (Å²) < 4.78 is 12.4. The summed E-state index contributed by atoms with van der Waals surface area (Å²) in [6.07, 6.45) is 2.80. The first-order valence-corrected chi connectivity index (χ1v) is 7.14. The van der Waals surface area contributed by atoms with Crippen LogP contribution in [0, 0.1) is 0 Å². The second kappa shape index (κ2) is 6.07. The third-order valence-electron chi connectivity index (χ3n) is 2.90. The first-order valence-electron chi connectivity index (χ1n) is 5.81. The Morgan fingerprint density at radius 2 is 2.29 bits per heavy atom. The second-order valence-electron chi connectivity index (χ2n) is 4.36. The Kier molecular flexibility index (Phi) is 4.71. The molecule has 1 fully saturated rings. The van der Waals surface area contributed by atoms with Crippen molar-refractivity contribution in [3.05, 3.63) is 28.2 Å². The molecule has 4 heteroatoms. The molecule has 2 atom stereocenters. The number of rotatable bonds is 4. The Hall–Kier alpha value is -0.250. The van der Waals surface area contributed by atoms with E-state index in [1.54, 1.807) is 0 Å². The van der Waals surface area contributed by atoms with E-state index in [9.17, 15) is 0 Å². The molecule has 0 saturated carbocycles. The van der Waals surface area contributed by atoms with Crippen LogP contribution in [0.1, 0.15) is 25.3 Å². The van der Waals surface area contributed by atoms with Gasteiger partial charge in [0.2, 0.25) is 0 Å². The summed E-state index contributed by atoms with van der Waals surface area (Å²) in [6.45, 7) is 2.72. The molecule has 1 saturated heterocycles. The van der Waals surface area contributed by atoms with Crippen LogP contribution < -0.4 is 4.74 Å². The number of hydrogen-bond donors (Lipinski definition) is 0. The molecule has 0 radical (unpaired) electrons. The number of benzene rings is 1. The van der Waals surface area contributed by atoms with Gasteiger partial charge in [0, 0.05) is 5.88 Å². The summed E-state index contributed by atoms with van der Waals surface area (Å²) in [7, 11) is 0. The van der Waals surface area contributed by atoms with E-state index < -0.39 is 0 Å². The molecule has 94 valence electrons. The zero-order valence-corrected chi connectivity index (χ0v) is 12.1. The SMILES string of the molecule is CC1CCC(COc2ccc(CCl)cc2Br)O1. The molecular formula is C13H16BrClO2. The molecule has 0 aromatic heterocycles. The van der Waals surface area contributed by atoms with E-state index in [0.29, 0.717) is 18.6 Å². The highest BCUT2D eigenvalue weighted by Crippen LogP contribution is 2.28. The van der Waals surface area contributed by atoms with E-state index >= 15 is 0 Å². The number of halogens is 2. The van der Waals surface area contributed by atoms with Crippen molar-refractivity contribution >= 4 is 27.5 Å². The lowest BCUT2D eigenvalue weighted by Crippen LogP contribution is -2.18. The standard InChI is InChI=1S/C13H16BrClO2/c1-9-2-4-11(17-9)8-16-13-5-3-10(7-15)6-12(13)14/h3,5-6,9,11H,2,4,7-8H2,1H3. The van der Waals surface area contributed by atoms with Crippen LogP contribution in [0.5, 0.6) is 5.75 Å². The second-order valence-corrected chi connectivity index (χ2v) is 5.48. The highest BCUT2D eigenvalue weighted by atomic mass is 79.9. The van der Waals surface area contributed by atoms with Gasteiger partial charge in [-0.1, -0.05) is 6.07 Å². The average Bonchev–Trinajstić information content (AvgIpc) is 2.73. The molecule has 2 unspecified atom stereocenters. The molecule has 17 heavy (non-hydrogen) atoms. The van der Waals surface area contributed by atoms with Gasteiger partial charge >= 0.3 is 0 Å². The molecule has 2 rings (SSSR count). The van der Waals surface area contributed by atoms with Crippen LogP contribution in [0.2, 0.25) is 0 Å². The van der Waals surface area contributed by atoms with E-state index in [1.165, 1.54) is 0 Å². The summed E-state index contributed by atoms with van der Waals surface area (Å²) >= 11 is 9.25. The maximum Gasteiger partial charge on any atom is 0.133 e. The van der Waals surface area contributed by atoms with Crippen molar-refractivity contribution < 1.29 is 9.47 Å². The Bertz CT molecular complexity index is 384. The fourth-order valence-electron chi connectivity index (χ4n) is 1.94. The molecule has 0 N–H and O–H groups in total. The van der Waals surface area contributed by atoms with Gasteiger partial charge in [0.1, 0.15) is 12.4 Å². The largest absolute Gasteiger partial charge is 0.490 e. The predicted molar refractivity (Wildman–Crippen MR) is 72.8 cm³/mol. The van der Waals surface area contributed by atoms with Gasteiger partial charge in [0.25, 0.3) is 0 Å². The third kappa shape index (κ3) is 3.60. The molecule has 0 spiro atoms. The summed E-state index contributed by atoms with van der Waals surface area (Å²) in [4.78, 5) is 0. The zero-order valence-electron chi connectivity index (χ0n) is 9.79. The minimum atomic E-state index is 0.226. The lowest BCUT2D eigenvalue weighted by molar-refractivity contribution is 0.0263. The summed E-state index contributed by atoms with van der Waals surface area (Å²) in [5, 5.41) is 0. The number of ether oxygens (including phenoxy) is 2. The molecule has 0 bridgehead atoms. The maximum atomic E-state index is 5.77. The normalized spacial score (nSPS) is 23.9. The Labute approximate surface area is 115 Å². The van der Waals surface area contributed by atoms with Crippen molar-refractivity contribution in [2.45, 2.75) is 37.9 Å². The van der Waals surface area contributed by atoms with Gasteiger partial charge in [-0.25, -0.2) is 0 Å². The highest BCUT2D eigenvalue weighted by molar-refractivity contribution is 9.10. The minimum absolute atomic E-state index is 0.226. The van der Waals surface area contributed by atoms with Crippen LogP contribution in [0.25, 0.3) is 0 Å². The minimum Gasteiger partial charge on any atom is -0.490 e. The Morgan fingerprint density at radius 1 is 1.47 bits per heavy atom. The maximum absolute atomic E-state index is 5.77. The molecular weight excluding hydrogens is 303 g/mol. The monoisotopic (exact) mass is 318 g/mol. The van der Waals surface area contributed by atoms with Gasteiger partial charge < -0.3 is 9.47 Å². The highest BCUT2D eigenvalue weighted by Gasteiger charge is 2.22. The van der Waals surface area contributed by atoms with Crippen LogP contribution in [-0.2, 0) is 10.6 Å². The van der Waals surface area contributed by atoms with Crippen molar-refractivity contribution in [2.24, 2.45) is 0 Å². The first kappa shape index (κ1) is 13.2. The predicted octanol–water partition coefficient (Wildman–Crippen LogP) is 4.13. The first-order chi connectivity index (χ1) is 8.19. The van der Waals surface area contributed by atoms with Crippen LogP contribution in [-0.4, -0.2) is 18.8 Å². The van der Waals surface area contributed by atoms with Gasteiger partial charge in [0.15, 0.2) is 0 Å². The van der Waals surface area contributed by atoms with E-state index in [1.807, 2.05) is 18.2 Å². The Morgan fingerprint density at radius 3 is 2.88 bits per heavy atom. The van der Waals surface area contributed by atoms with Gasteiger partial charge in [-0.15, -0.1) is 11.6 Å². The zero-order chi connectivity index (χ0) is 12.3. The summed E-state index contributed by atoms with van der Waals surface area (Å²) in [5.74, 6) is 1.37. The van der Waals surface area contributed by atoms with Gasteiger partial charge in [0.05, 0.1) is 16.7 Å². The van der Waals surface area contributed by atoms with Gasteiger partial charge in [-0.2, -0.15) is 0 Å². The summed E-state index contributed by atoms with van der Waals surface area (Å²) in [6, 6.07) is 5.91. The molecule has 1 aliphatic heterocycles. The van der Waals surface area contributed by atoms with E-state index in [2.05, 4.69) is 22.9 Å². The van der Waals surface area contributed by atoms with Crippen LogP contribution in [0.15, 0.2) is 22.7 Å². The van der Waals surface area contributed by atoms with E-state index in [0.717, 1.165) is 28.6 Å².